The number of benzene rings is 2. The molecule has 1 nitrogen and oxygen atoms in total. The van der Waals surface area contributed by atoms with Crippen LogP contribution >= 0.6 is 39.1 Å². The number of hydrogen-bond acceptors (Lipinski definition) is 1. The summed E-state index contributed by atoms with van der Waals surface area (Å²) in [5, 5.41) is 4.95. The second-order valence-electron chi connectivity index (χ2n) is 5.85. The smallest absolute Gasteiger partial charge is 0.0645 e. The van der Waals surface area contributed by atoms with Gasteiger partial charge in [0.05, 0.1) is 16.1 Å². The Morgan fingerprint density at radius 1 is 1.09 bits per heavy atom. The van der Waals surface area contributed by atoms with Crippen molar-refractivity contribution in [1.29, 1.82) is 0 Å². The molecule has 0 radical (unpaired) electrons. The second-order valence-corrected chi connectivity index (χ2v) is 7.55. The van der Waals surface area contributed by atoms with Crippen molar-refractivity contribution in [2.75, 3.05) is 5.32 Å². The van der Waals surface area contributed by atoms with Gasteiger partial charge in [-0.25, -0.2) is 0 Å². The third-order valence-electron chi connectivity index (χ3n) is 4.64. The summed E-state index contributed by atoms with van der Waals surface area (Å²) in [4.78, 5) is 0. The summed E-state index contributed by atoms with van der Waals surface area (Å²) in [6, 6.07) is 12.5. The zero-order valence-corrected chi connectivity index (χ0v) is 14.8. The van der Waals surface area contributed by atoms with E-state index in [0.29, 0.717) is 21.9 Å². The third-order valence-corrected chi connectivity index (χ3v) is 5.97. The molecule has 112 valence electrons. The van der Waals surface area contributed by atoms with Gasteiger partial charge in [-0.3, -0.25) is 0 Å². The zero-order valence-electron chi connectivity index (χ0n) is 11.7. The summed E-state index contributed by atoms with van der Waals surface area (Å²) in [6.45, 7) is 0. The first-order chi connectivity index (χ1) is 10.6. The molecule has 22 heavy (non-hydrogen) atoms. The van der Waals surface area contributed by atoms with Gasteiger partial charge in [-0.2, -0.15) is 0 Å². The maximum Gasteiger partial charge on any atom is 0.0645 e. The highest BCUT2D eigenvalue weighted by Crippen LogP contribution is 2.51. The Labute approximate surface area is 148 Å². The number of nitrogens with one attached hydrogen (secondary N) is 1. The zero-order chi connectivity index (χ0) is 15.3. The van der Waals surface area contributed by atoms with Crippen LogP contribution < -0.4 is 5.32 Å². The summed E-state index contributed by atoms with van der Waals surface area (Å²) in [5.74, 6) is 0.895. The molecule has 0 saturated heterocycles. The molecule has 0 fully saturated rings. The maximum atomic E-state index is 6.47. The summed E-state index contributed by atoms with van der Waals surface area (Å²) in [7, 11) is 0. The minimum absolute atomic E-state index is 0.180. The fourth-order valence-corrected chi connectivity index (χ4v) is 4.44. The van der Waals surface area contributed by atoms with Crippen LogP contribution in [0.15, 0.2) is 53.0 Å². The Hall–Kier alpha value is -0.960. The average molecular weight is 395 g/mol. The van der Waals surface area contributed by atoms with Crippen molar-refractivity contribution in [1.82, 2.24) is 0 Å². The predicted molar refractivity (Wildman–Crippen MR) is 97.0 cm³/mol. The van der Waals surface area contributed by atoms with Crippen LogP contribution in [0.25, 0.3) is 0 Å². The van der Waals surface area contributed by atoms with Crippen molar-refractivity contribution in [3.63, 3.8) is 0 Å². The summed E-state index contributed by atoms with van der Waals surface area (Å²) in [6.07, 6.45) is 5.65. The van der Waals surface area contributed by atoms with Crippen LogP contribution in [0.4, 0.5) is 5.69 Å². The standard InChI is InChI=1S/C18H14BrCl2N/c19-10-7-8-16-14(9-10)11-3-1-4-12(11)18(22-16)13-5-2-6-15(20)17(13)21/h1-3,5-9,11-12,18,22H,4H2/t11-,12-,18+/m1/s1. The fourth-order valence-electron chi connectivity index (χ4n) is 3.63. The van der Waals surface area contributed by atoms with E-state index < -0.39 is 0 Å². The van der Waals surface area contributed by atoms with E-state index in [1.807, 2.05) is 12.1 Å². The molecule has 4 rings (SSSR count). The van der Waals surface area contributed by atoms with Crippen molar-refractivity contribution in [2.45, 2.75) is 18.4 Å². The van der Waals surface area contributed by atoms with Crippen LogP contribution in [0.3, 0.4) is 0 Å². The molecule has 3 atom stereocenters. The Morgan fingerprint density at radius 3 is 2.82 bits per heavy atom. The van der Waals surface area contributed by atoms with Gasteiger partial charge in [0.25, 0.3) is 0 Å². The van der Waals surface area contributed by atoms with E-state index >= 15 is 0 Å². The van der Waals surface area contributed by atoms with Crippen LogP contribution in [0.1, 0.15) is 29.5 Å². The highest BCUT2D eigenvalue weighted by atomic mass is 79.9. The van der Waals surface area contributed by atoms with Gasteiger partial charge in [0.2, 0.25) is 0 Å². The van der Waals surface area contributed by atoms with Gasteiger partial charge in [-0.05, 0) is 47.7 Å². The predicted octanol–water partition coefficient (Wildman–Crippen LogP) is 6.58. The molecule has 0 aromatic heterocycles. The molecule has 0 bridgehead atoms. The Kier molecular flexibility index (Phi) is 3.72. The molecule has 0 unspecified atom stereocenters. The van der Waals surface area contributed by atoms with Crippen LogP contribution in [0.5, 0.6) is 0 Å². The first-order valence-corrected chi connectivity index (χ1v) is 8.86. The van der Waals surface area contributed by atoms with Crippen LogP contribution in [0, 0.1) is 5.92 Å². The van der Waals surface area contributed by atoms with E-state index in [1.54, 1.807) is 0 Å². The molecule has 0 spiro atoms. The van der Waals surface area contributed by atoms with Crippen molar-refractivity contribution in [3.8, 4) is 0 Å². The SMILES string of the molecule is Clc1cccc([C@H]2Nc3ccc(Br)cc3[C@@H]3C=CC[C@@H]23)c1Cl. The van der Waals surface area contributed by atoms with Gasteiger partial charge >= 0.3 is 0 Å². The molecule has 2 aromatic carbocycles. The number of hydrogen-bond donors (Lipinski definition) is 1. The van der Waals surface area contributed by atoms with Gasteiger partial charge in [0.1, 0.15) is 0 Å². The molecule has 2 aliphatic rings. The Balaban J connectivity index is 1.83. The lowest BCUT2D eigenvalue weighted by atomic mass is 9.77. The van der Waals surface area contributed by atoms with Crippen LogP contribution in [0.2, 0.25) is 10.0 Å². The van der Waals surface area contributed by atoms with E-state index in [2.05, 4.69) is 57.7 Å². The molecule has 1 N–H and O–H groups in total. The Morgan fingerprint density at radius 2 is 1.95 bits per heavy atom. The molecular formula is C18H14BrCl2N. The maximum absolute atomic E-state index is 6.47. The molecule has 1 aliphatic carbocycles. The summed E-state index contributed by atoms with van der Waals surface area (Å²) >= 11 is 16.3. The molecule has 2 aromatic rings. The average Bonchev–Trinajstić information content (AvgIpc) is 2.99. The largest absolute Gasteiger partial charge is 0.378 e. The molecule has 0 saturated carbocycles. The second kappa shape index (κ2) is 5.59. The number of fused-ring (bicyclic) bond motifs is 3. The minimum Gasteiger partial charge on any atom is -0.378 e. The first-order valence-electron chi connectivity index (χ1n) is 7.31. The highest BCUT2D eigenvalue weighted by molar-refractivity contribution is 9.10. The molecular weight excluding hydrogens is 381 g/mol. The number of allylic oxidation sites excluding steroid dienone is 2. The van der Waals surface area contributed by atoms with Gasteiger partial charge in [0.15, 0.2) is 0 Å². The van der Waals surface area contributed by atoms with Crippen molar-refractivity contribution in [2.24, 2.45) is 5.92 Å². The topological polar surface area (TPSA) is 12.0 Å². The minimum atomic E-state index is 0.180. The van der Waals surface area contributed by atoms with Gasteiger partial charge < -0.3 is 5.32 Å². The van der Waals surface area contributed by atoms with E-state index in [1.165, 1.54) is 11.3 Å². The van der Waals surface area contributed by atoms with Gasteiger partial charge in [-0.15, -0.1) is 0 Å². The lowest BCUT2D eigenvalue weighted by molar-refractivity contribution is 0.425. The third kappa shape index (κ3) is 2.29. The van der Waals surface area contributed by atoms with E-state index in [4.69, 9.17) is 23.2 Å². The van der Waals surface area contributed by atoms with E-state index in [9.17, 15) is 0 Å². The van der Waals surface area contributed by atoms with E-state index in [-0.39, 0.29) is 6.04 Å². The van der Waals surface area contributed by atoms with Gasteiger partial charge in [-0.1, -0.05) is 63.4 Å². The Bertz CT molecular complexity index is 772. The number of anilines is 1. The lowest BCUT2D eigenvalue weighted by Crippen LogP contribution is -2.29. The van der Waals surface area contributed by atoms with E-state index in [0.717, 1.165) is 16.5 Å². The van der Waals surface area contributed by atoms with Crippen molar-refractivity contribution >= 4 is 44.8 Å². The number of rotatable bonds is 1. The summed E-state index contributed by atoms with van der Waals surface area (Å²) in [5.41, 5.74) is 3.61. The fraction of sp³-hybridized carbons (Fsp3) is 0.222. The first kappa shape index (κ1) is 14.6. The molecule has 0 amide bonds. The van der Waals surface area contributed by atoms with Crippen molar-refractivity contribution in [3.05, 3.63) is 74.2 Å². The summed E-state index contributed by atoms with van der Waals surface area (Å²) < 4.78 is 1.12. The van der Waals surface area contributed by atoms with Gasteiger partial charge in [0, 0.05) is 16.1 Å². The normalized spacial score (nSPS) is 25.5. The quantitative estimate of drug-likeness (QED) is 0.538. The van der Waals surface area contributed by atoms with Crippen molar-refractivity contribution < 1.29 is 0 Å². The molecule has 1 heterocycles. The van der Waals surface area contributed by atoms with Crippen LogP contribution in [-0.2, 0) is 0 Å². The molecule has 1 aliphatic heterocycles. The highest BCUT2D eigenvalue weighted by Gasteiger charge is 2.38. The lowest BCUT2D eigenvalue weighted by Gasteiger charge is -2.38. The van der Waals surface area contributed by atoms with Crippen LogP contribution in [-0.4, -0.2) is 0 Å². The monoisotopic (exact) mass is 393 g/mol. The molecule has 4 heteroatoms. The number of halogens is 3.